The van der Waals surface area contributed by atoms with Crippen LogP contribution in [0.15, 0.2) is 48.0 Å². The van der Waals surface area contributed by atoms with Crippen LogP contribution >= 0.6 is 11.1 Å². The number of ketones is 1. The number of rotatable bonds is 5. The van der Waals surface area contributed by atoms with Gasteiger partial charge in [-0.05, 0) is 44.0 Å². The number of thiol groups is 1. The number of imidazole rings is 1. The predicted molar refractivity (Wildman–Crippen MR) is 103 cm³/mol. The van der Waals surface area contributed by atoms with Crippen molar-refractivity contribution >= 4 is 27.7 Å². The van der Waals surface area contributed by atoms with E-state index in [1.165, 1.54) is 6.92 Å². The maximum absolute atomic E-state index is 11.4. The summed E-state index contributed by atoms with van der Waals surface area (Å²) in [5.41, 5.74) is 1.14. The molecule has 0 radical (unpaired) electrons. The minimum Gasteiger partial charge on any atom is -0.376 e. The van der Waals surface area contributed by atoms with Gasteiger partial charge >= 0.3 is 0 Å². The molecule has 1 aliphatic carbocycles. The van der Waals surface area contributed by atoms with Crippen LogP contribution in [-0.4, -0.2) is 39.9 Å². The lowest BCUT2D eigenvalue weighted by atomic mass is 10.1. The number of hydrogen-bond donors (Lipinski definition) is 2. The fourth-order valence-corrected chi connectivity index (χ4v) is 5.57. The Morgan fingerprint density at radius 2 is 2.07 bits per heavy atom. The lowest BCUT2D eigenvalue weighted by Crippen LogP contribution is -2.12. The molecule has 2 aliphatic rings. The fourth-order valence-electron chi connectivity index (χ4n) is 3.16. The minimum atomic E-state index is -1.07. The number of fused-ring (bicyclic) bond motifs is 1. The SMILES string of the molecule is CC(=O)c1ccc(-n2cc(C(O)[SH]3C(C4CC4)=Nc4cncn43)nn2)cc1. The molecular weight excluding hydrogens is 364 g/mol. The Balaban J connectivity index is 1.44. The quantitative estimate of drug-likeness (QED) is 0.522. The first kappa shape index (κ1) is 16.4. The van der Waals surface area contributed by atoms with Crippen molar-refractivity contribution in [2.24, 2.45) is 10.9 Å². The molecule has 3 heterocycles. The molecule has 0 bridgehead atoms. The number of carbonyl (C=O) groups is 1. The molecule has 1 N–H and O–H groups in total. The highest BCUT2D eigenvalue weighted by Crippen LogP contribution is 2.55. The molecule has 3 aromatic rings. The summed E-state index contributed by atoms with van der Waals surface area (Å²) >= 11 is -1.07. The lowest BCUT2D eigenvalue weighted by Gasteiger charge is -2.24. The second-order valence-electron chi connectivity index (χ2n) is 6.75. The summed E-state index contributed by atoms with van der Waals surface area (Å²) in [5.74, 6) is 1.28. The normalized spacial score (nSPS) is 21.0. The number of aliphatic hydroxyl groups excluding tert-OH is 1. The second-order valence-corrected chi connectivity index (χ2v) is 8.82. The fraction of sp³-hybridized carbons (Fsp3) is 0.278. The van der Waals surface area contributed by atoms with E-state index < -0.39 is 16.5 Å². The van der Waals surface area contributed by atoms with Crippen molar-refractivity contribution in [3.63, 3.8) is 0 Å². The van der Waals surface area contributed by atoms with Gasteiger partial charge in [-0.3, -0.25) is 8.77 Å². The summed E-state index contributed by atoms with van der Waals surface area (Å²) in [7, 11) is 0. The van der Waals surface area contributed by atoms with Gasteiger partial charge in [0.1, 0.15) is 17.5 Å². The molecule has 1 aliphatic heterocycles. The highest BCUT2D eigenvalue weighted by molar-refractivity contribution is 8.29. The smallest absolute Gasteiger partial charge is 0.162 e. The number of aliphatic imine (C=N–C) groups is 1. The molecule has 2 unspecified atom stereocenters. The molecule has 2 aromatic heterocycles. The van der Waals surface area contributed by atoms with Crippen LogP contribution in [-0.2, 0) is 0 Å². The molecule has 1 fully saturated rings. The Labute approximate surface area is 158 Å². The summed E-state index contributed by atoms with van der Waals surface area (Å²) < 4.78 is 3.57. The molecule has 2 atom stereocenters. The van der Waals surface area contributed by atoms with Crippen LogP contribution in [0.1, 0.15) is 41.3 Å². The Morgan fingerprint density at radius 3 is 2.78 bits per heavy atom. The molecule has 1 aromatic carbocycles. The van der Waals surface area contributed by atoms with Crippen LogP contribution in [0.2, 0.25) is 0 Å². The van der Waals surface area contributed by atoms with Gasteiger partial charge in [0.2, 0.25) is 0 Å². The number of hydrogen-bond acceptors (Lipinski definition) is 6. The van der Waals surface area contributed by atoms with Gasteiger partial charge in [-0.2, -0.15) is 0 Å². The van der Waals surface area contributed by atoms with E-state index in [0.717, 1.165) is 29.4 Å². The zero-order valence-corrected chi connectivity index (χ0v) is 15.5. The number of nitrogens with zero attached hydrogens (tertiary/aromatic N) is 6. The third kappa shape index (κ3) is 2.79. The maximum atomic E-state index is 11.4. The molecular formula is C18H18N6O2S. The van der Waals surface area contributed by atoms with Gasteiger partial charge in [-0.15, -0.1) is 5.10 Å². The van der Waals surface area contributed by atoms with Gasteiger partial charge in [0.05, 0.1) is 23.1 Å². The number of benzene rings is 1. The van der Waals surface area contributed by atoms with E-state index in [0.29, 0.717) is 17.2 Å². The van der Waals surface area contributed by atoms with E-state index in [1.807, 2.05) is 16.1 Å². The van der Waals surface area contributed by atoms with Crippen molar-refractivity contribution in [2.45, 2.75) is 25.2 Å². The number of aliphatic hydroxyl groups is 1. The van der Waals surface area contributed by atoms with E-state index in [4.69, 9.17) is 4.99 Å². The van der Waals surface area contributed by atoms with Crippen molar-refractivity contribution < 1.29 is 9.90 Å². The largest absolute Gasteiger partial charge is 0.376 e. The van der Waals surface area contributed by atoms with Crippen molar-refractivity contribution in [3.05, 3.63) is 54.2 Å². The van der Waals surface area contributed by atoms with Crippen molar-refractivity contribution in [1.29, 1.82) is 0 Å². The average molecular weight is 382 g/mol. The van der Waals surface area contributed by atoms with Crippen LogP contribution in [0.25, 0.3) is 5.69 Å². The molecule has 138 valence electrons. The predicted octanol–water partition coefficient (Wildman–Crippen LogP) is 2.58. The third-order valence-electron chi connectivity index (χ3n) is 4.78. The molecule has 0 spiro atoms. The zero-order chi connectivity index (χ0) is 18.5. The van der Waals surface area contributed by atoms with Gasteiger partial charge in [-0.25, -0.2) is 14.7 Å². The van der Waals surface area contributed by atoms with E-state index in [-0.39, 0.29) is 5.78 Å². The summed E-state index contributed by atoms with van der Waals surface area (Å²) in [6, 6.07) is 7.14. The van der Waals surface area contributed by atoms with Crippen LogP contribution in [0.5, 0.6) is 0 Å². The van der Waals surface area contributed by atoms with Crippen molar-refractivity contribution in [1.82, 2.24) is 24.0 Å². The van der Waals surface area contributed by atoms with Gasteiger partial charge in [0.15, 0.2) is 11.6 Å². The number of Topliss-reactive ketones (excluding diaryl/α,β-unsaturated/α-hetero) is 1. The third-order valence-corrected chi connectivity index (χ3v) is 7.22. The van der Waals surface area contributed by atoms with Crippen LogP contribution < -0.4 is 0 Å². The zero-order valence-electron chi connectivity index (χ0n) is 14.6. The van der Waals surface area contributed by atoms with Gasteiger partial charge in [0, 0.05) is 11.5 Å². The summed E-state index contributed by atoms with van der Waals surface area (Å²) in [4.78, 5) is 20.3. The van der Waals surface area contributed by atoms with Crippen LogP contribution in [0.4, 0.5) is 5.82 Å². The topological polar surface area (TPSA) is 98.2 Å². The van der Waals surface area contributed by atoms with E-state index >= 15 is 0 Å². The Kier molecular flexibility index (Phi) is 3.73. The maximum Gasteiger partial charge on any atom is 0.162 e. The van der Waals surface area contributed by atoms with Gasteiger partial charge in [0.25, 0.3) is 0 Å². The summed E-state index contributed by atoms with van der Waals surface area (Å²) in [6.45, 7) is 1.53. The van der Waals surface area contributed by atoms with Gasteiger partial charge < -0.3 is 5.11 Å². The summed E-state index contributed by atoms with van der Waals surface area (Å²) in [5, 5.41) is 20.5. The molecule has 1 saturated carbocycles. The standard InChI is InChI=1S/C18H18N6O2S/c1-11(25)12-4-6-14(7-5-12)23-9-15(21-22-23)18(26)27-17(13-2-3-13)20-16-8-19-10-24(16)27/h4-10,13,18,26-27H,2-3H2,1H3. The van der Waals surface area contributed by atoms with Gasteiger partial charge in [-0.1, -0.05) is 16.3 Å². The highest BCUT2D eigenvalue weighted by Gasteiger charge is 2.40. The monoisotopic (exact) mass is 382 g/mol. The molecule has 27 heavy (non-hydrogen) atoms. The minimum absolute atomic E-state index is 0.0170. The number of aromatic nitrogens is 5. The van der Waals surface area contributed by atoms with E-state index in [1.54, 1.807) is 35.5 Å². The Bertz CT molecular complexity index is 1050. The first-order chi connectivity index (χ1) is 13.1. The first-order valence-electron chi connectivity index (χ1n) is 8.74. The van der Waals surface area contributed by atoms with Crippen LogP contribution in [0.3, 0.4) is 0 Å². The first-order valence-corrected chi connectivity index (χ1v) is 10.1. The molecule has 0 saturated heterocycles. The lowest BCUT2D eigenvalue weighted by molar-refractivity contribution is 0.101. The van der Waals surface area contributed by atoms with Crippen molar-refractivity contribution in [2.75, 3.05) is 0 Å². The van der Waals surface area contributed by atoms with E-state index in [2.05, 4.69) is 15.3 Å². The average Bonchev–Trinajstić information content (AvgIpc) is 3.08. The molecule has 5 rings (SSSR count). The Morgan fingerprint density at radius 1 is 1.30 bits per heavy atom. The molecule has 9 heteroatoms. The molecule has 8 nitrogen and oxygen atoms in total. The molecule has 0 amide bonds. The summed E-state index contributed by atoms with van der Waals surface area (Å²) in [6.07, 6.45) is 7.43. The second kappa shape index (κ2) is 6.14. The van der Waals surface area contributed by atoms with Crippen LogP contribution in [0, 0.1) is 5.92 Å². The number of carbonyl (C=O) groups excluding carboxylic acids is 1. The highest BCUT2D eigenvalue weighted by atomic mass is 32.2. The van der Waals surface area contributed by atoms with E-state index in [9.17, 15) is 9.90 Å². The Hall–Kier alpha value is -2.78. The van der Waals surface area contributed by atoms with Crippen molar-refractivity contribution in [3.8, 4) is 5.69 Å².